The van der Waals surface area contributed by atoms with Gasteiger partial charge in [-0.2, -0.15) is 0 Å². The second-order valence-corrected chi connectivity index (χ2v) is 11.9. The highest BCUT2D eigenvalue weighted by molar-refractivity contribution is 7.89. The van der Waals surface area contributed by atoms with Crippen molar-refractivity contribution in [2.75, 3.05) is 24.2 Å². The number of ether oxygens (including phenoxy) is 1. The third-order valence-corrected chi connectivity index (χ3v) is 7.89. The number of halogens is 1. The molecule has 0 N–H and O–H groups in total. The van der Waals surface area contributed by atoms with Gasteiger partial charge in [-0.3, -0.25) is 0 Å². The standard InChI is InChI=1S/C27H28ClNO3S/c1-33(30,31)19-20-5-7-21(8-6-20)22-9-10-26-23(17-22)11-12-27(32-26)13-15-29(16-14-27)25-4-2-3-24(28)18-25/h2-10,17-18H,11-16,19H2,1H3. The van der Waals surface area contributed by atoms with Crippen LogP contribution in [0.5, 0.6) is 5.75 Å². The Hall–Kier alpha value is -2.50. The maximum absolute atomic E-state index is 11.5. The number of aryl methyl sites for hydroxylation is 1. The number of rotatable bonds is 4. The number of piperidine rings is 1. The van der Waals surface area contributed by atoms with E-state index in [0.717, 1.165) is 66.2 Å². The van der Waals surface area contributed by atoms with Gasteiger partial charge in [-0.25, -0.2) is 8.42 Å². The van der Waals surface area contributed by atoms with Gasteiger partial charge >= 0.3 is 0 Å². The van der Waals surface area contributed by atoms with Crippen molar-refractivity contribution in [2.24, 2.45) is 0 Å². The lowest BCUT2D eigenvalue weighted by Crippen LogP contribution is -2.49. The maximum Gasteiger partial charge on any atom is 0.151 e. The maximum atomic E-state index is 11.5. The van der Waals surface area contributed by atoms with Crippen molar-refractivity contribution in [1.82, 2.24) is 0 Å². The zero-order chi connectivity index (χ0) is 23.1. The first-order valence-electron chi connectivity index (χ1n) is 11.4. The Balaban J connectivity index is 1.27. The number of hydrogen-bond donors (Lipinski definition) is 0. The molecule has 2 aliphatic rings. The molecule has 0 saturated carbocycles. The molecule has 0 unspecified atom stereocenters. The number of nitrogens with zero attached hydrogens (tertiary/aromatic N) is 1. The normalized spacial score (nSPS) is 17.5. The molecule has 33 heavy (non-hydrogen) atoms. The Labute approximate surface area is 201 Å². The average Bonchev–Trinajstić information content (AvgIpc) is 2.79. The van der Waals surface area contributed by atoms with Gasteiger partial charge in [0.15, 0.2) is 9.84 Å². The van der Waals surface area contributed by atoms with Crippen molar-refractivity contribution in [3.8, 4) is 16.9 Å². The third-order valence-electron chi connectivity index (χ3n) is 6.80. The van der Waals surface area contributed by atoms with Crippen LogP contribution in [-0.4, -0.2) is 33.4 Å². The van der Waals surface area contributed by atoms with Gasteiger partial charge in [-0.1, -0.05) is 48.0 Å². The predicted molar refractivity (Wildman–Crippen MR) is 135 cm³/mol. The molecule has 3 aromatic carbocycles. The van der Waals surface area contributed by atoms with Crippen LogP contribution in [0.1, 0.15) is 30.4 Å². The van der Waals surface area contributed by atoms with Crippen LogP contribution in [0, 0.1) is 0 Å². The fourth-order valence-electron chi connectivity index (χ4n) is 4.99. The summed E-state index contributed by atoms with van der Waals surface area (Å²) in [5.74, 6) is 1.07. The average molecular weight is 482 g/mol. The van der Waals surface area contributed by atoms with Gasteiger partial charge < -0.3 is 9.64 Å². The van der Waals surface area contributed by atoms with Crippen molar-refractivity contribution in [2.45, 2.75) is 37.0 Å². The van der Waals surface area contributed by atoms with E-state index < -0.39 is 9.84 Å². The van der Waals surface area contributed by atoms with Crippen LogP contribution in [0.3, 0.4) is 0 Å². The van der Waals surface area contributed by atoms with Crippen LogP contribution >= 0.6 is 11.6 Å². The predicted octanol–water partition coefficient (Wildman–Crippen LogP) is 5.92. The summed E-state index contributed by atoms with van der Waals surface area (Å²) in [4.78, 5) is 2.40. The summed E-state index contributed by atoms with van der Waals surface area (Å²) in [6.45, 7) is 1.93. The first-order valence-corrected chi connectivity index (χ1v) is 13.8. The quantitative estimate of drug-likeness (QED) is 0.464. The molecule has 4 nitrogen and oxygen atoms in total. The minimum atomic E-state index is -3.03. The first kappa shape index (κ1) is 22.3. The van der Waals surface area contributed by atoms with Gasteiger partial charge in [0.05, 0.1) is 5.75 Å². The fraction of sp³-hybridized carbons (Fsp3) is 0.333. The van der Waals surface area contributed by atoms with Crippen molar-refractivity contribution in [1.29, 1.82) is 0 Å². The molecule has 0 atom stereocenters. The molecule has 5 rings (SSSR count). The summed E-state index contributed by atoms with van der Waals surface area (Å²) in [6, 6.07) is 22.3. The zero-order valence-corrected chi connectivity index (χ0v) is 20.3. The lowest BCUT2D eigenvalue weighted by atomic mass is 9.82. The molecule has 0 bridgehead atoms. The Kier molecular flexibility index (Phi) is 5.87. The highest BCUT2D eigenvalue weighted by Gasteiger charge is 2.39. The molecule has 0 aromatic heterocycles. The Bertz CT molecular complexity index is 1260. The monoisotopic (exact) mass is 481 g/mol. The molecule has 1 saturated heterocycles. The molecule has 172 valence electrons. The Morgan fingerprint density at radius 2 is 1.67 bits per heavy atom. The number of hydrogen-bond acceptors (Lipinski definition) is 4. The second kappa shape index (κ2) is 8.69. The van der Waals surface area contributed by atoms with Crippen LogP contribution in [0.15, 0.2) is 66.7 Å². The topological polar surface area (TPSA) is 46.6 Å². The van der Waals surface area contributed by atoms with Crippen molar-refractivity contribution in [3.63, 3.8) is 0 Å². The summed E-state index contributed by atoms with van der Waals surface area (Å²) >= 11 is 6.18. The molecule has 0 aliphatic carbocycles. The van der Waals surface area contributed by atoms with E-state index in [1.165, 1.54) is 17.5 Å². The Morgan fingerprint density at radius 1 is 0.939 bits per heavy atom. The van der Waals surface area contributed by atoms with Crippen LogP contribution in [0.2, 0.25) is 5.02 Å². The van der Waals surface area contributed by atoms with E-state index in [2.05, 4.69) is 29.2 Å². The van der Waals surface area contributed by atoms with Crippen LogP contribution < -0.4 is 9.64 Å². The van der Waals surface area contributed by atoms with Crippen molar-refractivity contribution < 1.29 is 13.2 Å². The largest absolute Gasteiger partial charge is 0.487 e. The highest BCUT2D eigenvalue weighted by atomic mass is 35.5. The molecule has 1 fully saturated rings. The van der Waals surface area contributed by atoms with Gasteiger partial charge in [-0.05, 0) is 65.4 Å². The number of sulfone groups is 1. The zero-order valence-electron chi connectivity index (χ0n) is 18.8. The molecule has 6 heteroatoms. The highest BCUT2D eigenvalue weighted by Crippen LogP contribution is 2.41. The van der Waals surface area contributed by atoms with E-state index >= 15 is 0 Å². The molecule has 2 heterocycles. The summed E-state index contributed by atoms with van der Waals surface area (Å²) in [7, 11) is -3.03. The summed E-state index contributed by atoms with van der Waals surface area (Å²) in [5.41, 5.74) is 5.38. The van der Waals surface area contributed by atoms with Crippen LogP contribution in [-0.2, 0) is 22.0 Å². The van der Waals surface area contributed by atoms with Gasteiger partial charge in [-0.15, -0.1) is 0 Å². The molecular formula is C27H28ClNO3S. The number of benzene rings is 3. The van der Waals surface area contributed by atoms with E-state index in [1.807, 2.05) is 42.5 Å². The van der Waals surface area contributed by atoms with Crippen LogP contribution in [0.25, 0.3) is 11.1 Å². The molecule has 3 aromatic rings. The van der Waals surface area contributed by atoms with E-state index in [4.69, 9.17) is 16.3 Å². The SMILES string of the molecule is CS(=O)(=O)Cc1ccc(-c2ccc3c(c2)CCC2(CCN(c4cccc(Cl)c4)CC2)O3)cc1. The molecular weight excluding hydrogens is 454 g/mol. The first-order chi connectivity index (χ1) is 15.8. The van der Waals surface area contributed by atoms with Gasteiger partial charge in [0, 0.05) is 42.9 Å². The van der Waals surface area contributed by atoms with E-state index in [-0.39, 0.29) is 11.4 Å². The van der Waals surface area contributed by atoms with E-state index in [9.17, 15) is 8.42 Å². The molecule has 1 spiro atoms. The molecule has 0 radical (unpaired) electrons. The minimum absolute atomic E-state index is 0.0716. The molecule has 0 amide bonds. The second-order valence-electron chi connectivity index (χ2n) is 9.34. The third kappa shape index (κ3) is 5.04. The lowest BCUT2D eigenvalue weighted by molar-refractivity contribution is 0.0226. The smallest absolute Gasteiger partial charge is 0.151 e. The van der Waals surface area contributed by atoms with Crippen LogP contribution in [0.4, 0.5) is 5.69 Å². The van der Waals surface area contributed by atoms with Gasteiger partial charge in [0.1, 0.15) is 11.4 Å². The number of fused-ring (bicyclic) bond motifs is 1. The van der Waals surface area contributed by atoms with E-state index in [0.29, 0.717) is 0 Å². The Morgan fingerprint density at radius 3 is 2.36 bits per heavy atom. The fourth-order valence-corrected chi connectivity index (χ4v) is 5.98. The van der Waals surface area contributed by atoms with Crippen molar-refractivity contribution in [3.05, 3.63) is 82.9 Å². The summed E-state index contributed by atoms with van der Waals surface area (Å²) < 4.78 is 29.7. The number of anilines is 1. The van der Waals surface area contributed by atoms with E-state index in [1.54, 1.807) is 0 Å². The van der Waals surface area contributed by atoms with Gasteiger partial charge in [0.2, 0.25) is 0 Å². The van der Waals surface area contributed by atoms with Gasteiger partial charge in [0.25, 0.3) is 0 Å². The summed E-state index contributed by atoms with van der Waals surface area (Å²) in [6.07, 6.45) is 5.30. The summed E-state index contributed by atoms with van der Waals surface area (Å²) in [5, 5.41) is 0.775. The minimum Gasteiger partial charge on any atom is -0.487 e. The van der Waals surface area contributed by atoms with Crippen molar-refractivity contribution >= 4 is 27.1 Å². The lowest BCUT2D eigenvalue weighted by Gasteiger charge is -2.45. The molecule has 2 aliphatic heterocycles.